The molecule has 0 fully saturated rings. The summed E-state index contributed by atoms with van der Waals surface area (Å²) in [6.45, 7) is 0.0348. The summed E-state index contributed by atoms with van der Waals surface area (Å²) in [5.41, 5.74) is 0.890. The Kier molecular flexibility index (Phi) is 4.36. The molecule has 2 aromatic carbocycles. The van der Waals surface area contributed by atoms with Gasteiger partial charge in [-0.25, -0.2) is 0 Å². The van der Waals surface area contributed by atoms with Gasteiger partial charge in [0.05, 0.1) is 24.4 Å². The van der Waals surface area contributed by atoms with E-state index in [0.717, 1.165) is 5.39 Å². The van der Waals surface area contributed by atoms with Crippen molar-refractivity contribution in [3.05, 3.63) is 101 Å². The van der Waals surface area contributed by atoms with Gasteiger partial charge in [0, 0.05) is 5.39 Å². The third-order valence-corrected chi connectivity index (χ3v) is 5.29. The Morgan fingerprint density at radius 2 is 1.84 bits per heavy atom. The normalized spacial score (nSPS) is 16.5. The molecular weight excluding hydrogens is 398 g/mol. The van der Waals surface area contributed by atoms with Gasteiger partial charge in [-0.15, -0.1) is 0 Å². The molecule has 1 amide bonds. The molecule has 0 aliphatic carbocycles. The van der Waals surface area contributed by atoms with Gasteiger partial charge >= 0.3 is 0 Å². The number of phenolic OH excluding ortho intramolecular Hbond substituents is 1. The van der Waals surface area contributed by atoms with Crippen LogP contribution in [-0.4, -0.2) is 26.8 Å². The molecule has 5 rings (SSSR count). The van der Waals surface area contributed by atoms with Gasteiger partial charge in [-0.1, -0.05) is 30.3 Å². The second-order valence-corrected chi connectivity index (χ2v) is 7.25. The summed E-state index contributed by atoms with van der Waals surface area (Å²) in [6.07, 6.45) is 1.48. The Hall–Kier alpha value is -4.26. The zero-order chi connectivity index (χ0) is 21.5. The first-order valence-corrected chi connectivity index (χ1v) is 9.61. The Bertz CT molecular complexity index is 1300. The molecule has 0 radical (unpaired) electrons. The molecule has 0 spiro atoms. The summed E-state index contributed by atoms with van der Waals surface area (Å²) >= 11 is 0. The predicted molar refractivity (Wildman–Crippen MR) is 110 cm³/mol. The van der Waals surface area contributed by atoms with E-state index in [1.54, 1.807) is 48.5 Å². The molecule has 1 aliphatic heterocycles. The maximum atomic E-state index is 13.4. The van der Waals surface area contributed by atoms with E-state index >= 15 is 0 Å². The Balaban J connectivity index is 1.62. The van der Waals surface area contributed by atoms with Gasteiger partial charge in [0.2, 0.25) is 5.78 Å². The minimum absolute atomic E-state index is 0.0144. The minimum Gasteiger partial charge on any atom is -0.508 e. The van der Waals surface area contributed by atoms with Crippen LogP contribution in [0.25, 0.3) is 11.0 Å². The number of hydrogen-bond acceptors (Lipinski definition) is 6. The molecule has 1 unspecified atom stereocenters. The summed E-state index contributed by atoms with van der Waals surface area (Å²) in [5, 5.41) is 21.4. The van der Waals surface area contributed by atoms with Crippen molar-refractivity contribution in [3.63, 3.8) is 0 Å². The molecule has 7 heteroatoms. The van der Waals surface area contributed by atoms with E-state index in [0.29, 0.717) is 16.9 Å². The fourth-order valence-electron chi connectivity index (χ4n) is 3.89. The summed E-state index contributed by atoms with van der Waals surface area (Å²) in [7, 11) is 0. The van der Waals surface area contributed by atoms with E-state index in [1.807, 2.05) is 6.07 Å². The number of ketones is 1. The summed E-state index contributed by atoms with van der Waals surface area (Å²) < 4.78 is 11.0. The molecule has 0 saturated carbocycles. The van der Waals surface area contributed by atoms with Gasteiger partial charge in [-0.2, -0.15) is 0 Å². The SMILES string of the molecule is O=C(C1=C(O)C(=O)N(Cc2ccco2)C1c1cccc(O)c1)c1cc2ccccc2o1. The van der Waals surface area contributed by atoms with Crippen LogP contribution in [0, 0.1) is 0 Å². The fraction of sp³-hybridized carbons (Fsp3) is 0.0833. The van der Waals surface area contributed by atoms with Crippen molar-refractivity contribution in [2.75, 3.05) is 0 Å². The van der Waals surface area contributed by atoms with Crippen molar-refractivity contribution in [2.24, 2.45) is 0 Å². The van der Waals surface area contributed by atoms with Gasteiger partial charge in [0.1, 0.15) is 17.1 Å². The number of carbonyl (C=O) groups is 2. The number of benzene rings is 2. The van der Waals surface area contributed by atoms with Crippen LogP contribution in [0.1, 0.15) is 27.9 Å². The van der Waals surface area contributed by atoms with E-state index in [1.165, 1.54) is 23.3 Å². The quantitative estimate of drug-likeness (QED) is 0.465. The van der Waals surface area contributed by atoms with Gasteiger partial charge < -0.3 is 23.9 Å². The summed E-state index contributed by atoms with van der Waals surface area (Å²) in [6, 6.07) is 17.4. The molecule has 3 heterocycles. The monoisotopic (exact) mass is 415 g/mol. The van der Waals surface area contributed by atoms with Crippen molar-refractivity contribution in [3.8, 4) is 5.75 Å². The molecule has 2 N–H and O–H groups in total. The standard InChI is InChI=1S/C24H17NO6/c26-16-7-3-6-15(11-16)21-20(22(27)19-12-14-5-1-2-9-18(14)31-19)23(28)24(29)25(21)13-17-8-4-10-30-17/h1-12,21,26,28H,13H2. The zero-order valence-corrected chi connectivity index (χ0v) is 16.2. The highest BCUT2D eigenvalue weighted by atomic mass is 16.3. The number of furan rings is 2. The van der Waals surface area contributed by atoms with Crippen molar-refractivity contribution in [1.29, 1.82) is 0 Å². The summed E-state index contributed by atoms with van der Waals surface area (Å²) in [5.74, 6) is -1.47. The lowest BCUT2D eigenvalue weighted by Crippen LogP contribution is -2.30. The molecule has 31 heavy (non-hydrogen) atoms. The van der Waals surface area contributed by atoms with Crippen LogP contribution < -0.4 is 0 Å². The maximum Gasteiger partial charge on any atom is 0.290 e. The number of hydrogen-bond donors (Lipinski definition) is 2. The highest BCUT2D eigenvalue weighted by Crippen LogP contribution is 2.41. The average Bonchev–Trinajstić information content (AvgIpc) is 3.48. The molecule has 0 saturated heterocycles. The van der Waals surface area contributed by atoms with Crippen LogP contribution in [0.5, 0.6) is 5.75 Å². The van der Waals surface area contributed by atoms with Crippen LogP contribution in [-0.2, 0) is 11.3 Å². The Morgan fingerprint density at radius 3 is 2.58 bits per heavy atom. The van der Waals surface area contributed by atoms with Crippen molar-refractivity contribution < 1.29 is 28.6 Å². The molecular formula is C24H17NO6. The number of aliphatic hydroxyl groups excluding tert-OH is 1. The number of nitrogens with zero attached hydrogens (tertiary/aromatic N) is 1. The molecule has 7 nitrogen and oxygen atoms in total. The topological polar surface area (TPSA) is 104 Å². The number of amides is 1. The number of rotatable bonds is 5. The average molecular weight is 415 g/mol. The first-order valence-electron chi connectivity index (χ1n) is 9.61. The first-order chi connectivity index (χ1) is 15.0. The second-order valence-electron chi connectivity index (χ2n) is 7.25. The Labute approximate surface area is 176 Å². The number of para-hydroxylation sites is 1. The van der Waals surface area contributed by atoms with Crippen molar-refractivity contribution in [1.82, 2.24) is 4.90 Å². The third-order valence-electron chi connectivity index (χ3n) is 5.29. The van der Waals surface area contributed by atoms with E-state index in [2.05, 4.69) is 0 Å². The number of phenols is 1. The van der Waals surface area contributed by atoms with Crippen molar-refractivity contribution in [2.45, 2.75) is 12.6 Å². The van der Waals surface area contributed by atoms with Crippen LogP contribution in [0.3, 0.4) is 0 Å². The lowest BCUT2D eigenvalue weighted by Gasteiger charge is -2.26. The highest BCUT2D eigenvalue weighted by molar-refractivity contribution is 6.16. The number of aliphatic hydroxyl groups is 1. The van der Waals surface area contributed by atoms with E-state index in [9.17, 15) is 19.8 Å². The lowest BCUT2D eigenvalue weighted by atomic mass is 9.95. The maximum absolute atomic E-state index is 13.4. The highest BCUT2D eigenvalue weighted by Gasteiger charge is 2.45. The number of carbonyl (C=O) groups excluding carboxylic acids is 2. The minimum atomic E-state index is -0.926. The molecule has 0 bridgehead atoms. The van der Waals surface area contributed by atoms with Crippen LogP contribution in [0.15, 0.2) is 93.2 Å². The lowest BCUT2D eigenvalue weighted by molar-refractivity contribution is -0.130. The third kappa shape index (κ3) is 3.16. The smallest absolute Gasteiger partial charge is 0.290 e. The van der Waals surface area contributed by atoms with Crippen LogP contribution in [0.2, 0.25) is 0 Å². The molecule has 4 aromatic rings. The van der Waals surface area contributed by atoms with Crippen LogP contribution >= 0.6 is 0 Å². The van der Waals surface area contributed by atoms with Crippen molar-refractivity contribution >= 4 is 22.7 Å². The largest absolute Gasteiger partial charge is 0.508 e. The zero-order valence-electron chi connectivity index (χ0n) is 16.2. The fourth-order valence-corrected chi connectivity index (χ4v) is 3.89. The van der Waals surface area contributed by atoms with Gasteiger partial charge in [-0.3, -0.25) is 9.59 Å². The van der Waals surface area contributed by atoms with E-state index in [4.69, 9.17) is 8.83 Å². The molecule has 2 aromatic heterocycles. The molecule has 1 atom stereocenters. The molecule has 1 aliphatic rings. The van der Waals surface area contributed by atoms with E-state index in [-0.39, 0.29) is 23.6 Å². The number of fused-ring (bicyclic) bond motifs is 1. The summed E-state index contributed by atoms with van der Waals surface area (Å²) in [4.78, 5) is 27.7. The predicted octanol–water partition coefficient (Wildman–Crippen LogP) is 4.51. The molecule has 154 valence electrons. The van der Waals surface area contributed by atoms with Crippen LogP contribution in [0.4, 0.5) is 0 Å². The van der Waals surface area contributed by atoms with E-state index < -0.39 is 23.5 Å². The Morgan fingerprint density at radius 1 is 1.00 bits per heavy atom. The van der Waals surface area contributed by atoms with Gasteiger partial charge in [0.15, 0.2) is 11.5 Å². The number of aromatic hydroxyl groups is 1. The second kappa shape index (κ2) is 7.21. The number of Topliss-reactive ketones (excluding diaryl/α,β-unsaturated/α-hetero) is 1. The van der Waals surface area contributed by atoms with Gasteiger partial charge in [0.25, 0.3) is 5.91 Å². The first kappa shape index (κ1) is 18.7. The van der Waals surface area contributed by atoms with Gasteiger partial charge in [-0.05, 0) is 42.0 Å².